The van der Waals surface area contributed by atoms with E-state index in [0.29, 0.717) is 16.9 Å². The van der Waals surface area contributed by atoms with Crippen molar-refractivity contribution in [2.45, 2.75) is 13.5 Å². The first-order chi connectivity index (χ1) is 14.1. The average Bonchev–Trinajstić information content (AvgIpc) is 2.77. The lowest BCUT2D eigenvalue weighted by Crippen LogP contribution is -2.13. The summed E-state index contributed by atoms with van der Waals surface area (Å²) in [5.41, 5.74) is 5.38. The normalized spacial score (nSPS) is 10.4. The molecule has 0 saturated carbocycles. The molecule has 1 N–H and O–H groups in total. The molecule has 0 atom stereocenters. The predicted octanol–water partition coefficient (Wildman–Crippen LogP) is 5.01. The number of aliphatic hydroxyl groups excluding tert-OH is 1. The van der Waals surface area contributed by atoms with E-state index < -0.39 is 5.97 Å². The number of carbonyl (C=O) groups excluding carboxylic acids is 1. The van der Waals surface area contributed by atoms with Crippen molar-refractivity contribution < 1.29 is 19.4 Å². The van der Waals surface area contributed by atoms with E-state index in [2.05, 4.69) is 43.0 Å². The maximum absolute atomic E-state index is 11.4. The van der Waals surface area contributed by atoms with Crippen LogP contribution in [-0.2, 0) is 16.1 Å². The Bertz CT molecular complexity index is 975. The van der Waals surface area contributed by atoms with Gasteiger partial charge in [-0.05, 0) is 35.2 Å². The van der Waals surface area contributed by atoms with Gasteiger partial charge >= 0.3 is 5.97 Å². The fourth-order valence-corrected chi connectivity index (χ4v) is 2.89. The molecule has 0 aliphatic rings. The zero-order valence-electron chi connectivity index (χ0n) is 16.4. The monoisotopic (exact) mass is 388 g/mol. The van der Waals surface area contributed by atoms with E-state index in [0.717, 1.165) is 16.7 Å². The van der Waals surface area contributed by atoms with Gasteiger partial charge in [0.2, 0.25) is 0 Å². The molecule has 0 fully saturated rings. The van der Waals surface area contributed by atoms with Gasteiger partial charge in [-0.15, -0.1) is 0 Å². The summed E-state index contributed by atoms with van der Waals surface area (Å²) < 4.78 is 10.8. The van der Waals surface area contributed by atoms with Crippen LogP contribution >= 0.6 is 0 Å². The summed E-state index contributed by atoms with van der Waals surface area (Å²) in [6.45, 7) is 5.32. The van der Waals surface area contributed by atoms with Crippen LogP contribution in [-0.4, -0.2) is 24.3 Å². The lowest BCUT2D eigenvalue weighted by atomic mass is 9.99. The van der Waals surface area contributed by atoms with Crippen LogP contribution in [0.5, 0.6) is 5.75 Å². The van der Waals surface area contributed by atoms with E-state index in [9.17, 15) is 9.90 Å². The molecule has 3 aromatic carbocycles. The molecule has 4 nitrogen and oxygen atoms in total. The van der Waals surface area contributed by atoms with Gasteiger partial charge in [0, 0.05) is 11.1 Å². The molecule has 0 bridgehead atoms. The van der Waals surface area contributed by atoms with Gasteiger partial charge in [0.15, 0.2) is 0 Å². The molecular formula is C25H24O4. The minimum absolute atomic E-state index is 0.118. The maximum atomic E-state index is 11.4. The van der Waals surface area contributed by atoms with Crippen LogP contribution in [0.1, 0.15) is 12.5 Å². The van der Waals surface area contributed by atoms with Crippen LogP contribution in [0, 0.1) is 0 Å². The fraction of sp³-hybridized carbons (Fsp3) is 0.160. The molecule has 148 valence electrons. The van der Waals surface area contributed by atoms with E-state index in [1.165, 1.54) is 5.56 Å². The molecule has 0 unspecified atom stereocenters. The number of hydrogen-bond acceptors (Lipinski definition) is 4. The minimum Gasteiger partial charge on any atom is -0.490 e. The molecule has 3 aromatic rings. The summed E-state index contributed by atoms with van der Waals surface area (Å²) in [6, 6.07) is 24.2. The first-order valence-electron chi connectivity index (χ1n) is 9.43. The number of benzene rings is 3. The Labute approximate surface area is 171 Å². The van der Waals surface area contributed by atoms with Crippen LogP contribution < -0.4 is 4.74 Å². The Balaban J connectivity index is 1.72. The standard InChI is InChI=1S/C25H24O4/c1-18(2)25(27)29-15-14-28-24-16-22(12-13-23(24)17-26)21-10-8-20(9-11-21)19-6-4-3-5-7-19/h3-13,16,26H,1,14-15,17H2,2H3. The second-order valence-corrected chi connectivity index (χ2v) is 6.69. The highest BCUT2D eigenvalue weighted by atomic mass is 16.6. The van der Waals surface area contributed by atoms with E-state index >= 15 is 0 Å². The van der Waals surface area contributed by atoms with Crippen LogP contribution in [0.25, 0.3) is 22.3 Å². The maximum Gasteiger partial charge on any atom is 0.333 e. The third-order valence-electron chi connectivity index (χ3n) is 4.49. The Morgan fingerprint density at radius 3 is 2.07 bits per heavy atom. The Hall–Kier alpha value is -3.37. The largest absolute Gasteiger partial charge is 0.490 e. The zero-order chi connectivity index (χ0) is 20.6. The van der Waals surface area contributed by atoms with Crippen molar-refractivity contribution in [3.8, 4) is 28.0 Å². The zero-order valence-corrected chi connectivity index (χ0v) is 16.4. The van der Waals surface area contributed by atoms with Crippen molar-refractivity contribution in [3.05, 3.63) is 90.5 Å². The van der Waals surface area contributed by atoms with Crippen LogP contribution in [0.3, 0.4) is 0 Å². The van der Waals surface area contributed by atoms with Gasteiger partial charge in [0.1, 0.15) is 19.0 Å². The molecule has 0 radical (unpaired) electrons. The van der Waals surface area contributed by atoms with Gasteiger partial charge in [-0.1, -0.05) is 73.3 Å². The van der Waals surface area contributed by atoms with E-state index in [-0.39, 0.29) is 19.8 Å². The molecule has 0 amide bonds. The van der Waals surface area contributed by atoms with Crippen molar-refractivity contribution in [1.82, 2.24) is 0 Å². The lowest BCUT2D eigenvalue weighted by Gasteiger charge is -2.13. The van der Waals surface area contributed by atoms with E-state index in [1.807, 2.05) is 36.4 Å². The van der Waals surface area contributed by atoms with Crippen molar-refractivity contribution in [2.24, 2.45) is 0 Å². The average molecular weight is 388 g/mol. The first-order valence-corrected chi connectivity index (χ1v) is 9.43. The van der Waals surface area contributed by atoms with Crippen molar-refractivity contribution in [1.29, 1.82) is 0 Å². The molecule has 0 aliphatic heterocycles. The van der Waals surface area contributed by atoms with Crippen LogP contribution in [0.4, 0.5) is 0 Å². The second-order valence-electron chi connectivity index (χ2n) is 6.69. The van der Waals surface area contributed by atoms with Crippen LogP contribution in [0.2, 0.25) is 0 Å². The van der Waals surface area contributed by atoms with Gasteiger partial charge in [-0.25, -0.2) is 4.79 Å². The molecule has 0 aromatic heterocycles. The molecule has 4 heteroatoms. The third-order valence-corrected chi connectivity index (χ3v) is 4.49. The molecule has 0 spiro atoms. The number of carbonyl (C=O) groups is 1. The number of ether oxygens (including phenoxy) is 2. The molecule has 0 saturated heterocycles. The first kappa shape index (κ1) is 20.4. The topological polar surface area (TPSA) is 55.8 Å². The minimum atomic E-state index is -0.441. The highest BCUT2D eigenvalue weighted by Crippen LogP contribution is 2.29. The summed E-state index contributed by atoms with van der Waals surface area (Å²) in [6.07, 6.45) is 0. The Morgan fingerprint density at radius 2 is 1.45 bits per heavy atom. The van der Waals surface area contributed by atoms with Crippen molar-refractivity contribution >= 4 is 5.97 Å². The van der Waals surface area contributed by atoms with Crippen molar-refractivity contribution in [2.75, 3.05) is 13.2 Å². The van der Waals surface area contributed by atoms with Crippen LogP contribution in [0.15, 0.2) is 84.9 Å². The van der Waals surface area contributed by atoms with E-state index in [1.54, 1.807) is 6.92 Å². The van der Waals surface area contributed by atoms with Gasteiger partial charge in [-0.3, -0.25) is 0 Å². The summed E-state index contributed by atoms with van der Waals surface area (Å²) >= 11 is 0. The highest BCUT2D eigenvalue weighted by Gasteiger charge is 2.08. The quantitative estimate of drug-likeness (QED) is 0.335. The number of rotatable bonds is 8. The highest BCUT2D eigenvalue weighted by molar-refractivity contribution is 5.86. The summed E-state index contributed by atoms with van der Waals surface area (Å²) in [5.74, 6) is 0.131. The summed E-state index contributed by atoms with van der Waals surface area (Å²) in [4.78, 5) is 11.4. The number of esters is 1. The Morgan fingerprint density at radius 1 is 0.862 bits per heavy atom. The number of hydrogen-bond donors (Lipinski definition) is 1. The second kappa shape index (κ2) is 9.71. The van der Waals surface area contributed by atoms with E-state index in [4.69, 9.17) is 9.47 Å². The van der Waals surface area contributed by atoms with Gasteiger partial charge in [0.05, 0.1) is 6.61 Å². The summed E-state index contributed by atoms with van der Waals surface area (Å²) in [7, 11) is 0. The molecule has 3 rings (SSSR count). The third kappa shape index (κ3) is 5.33. The lowest BCUT2D eigenvalue weighted by molar-refractivity contribution is -0.139. The van der Waals surface area contributed by atoms with Gasteiger partial charge in [-0.2, -0.15) is 0 Å². The van der Waals surface area contributed by atoms with Gasteiger partial charge in [0.25, 0.3) is 0 Å². The fourth-order valence-electron chi connectivity index (χ4n) is 2.89. The Kier molecular flexibility index (Phi) is 6.82. The molecular weight excluding hydrogens is 364 g/mol. The van der Waals surface area contributed by atoms with Crippen molar-refractivity contribution in [3.63, 3.8) is 0 Å². The number of aliphatic hydroxyl groups is 1. The molecule has 29 heavy (non-hydrogen) atoms. The SMILES string of the molecule is C=C(C)C(=O)OCCOc1cc(-c2ccc(-c3ccccc3)cc2)ccc1CO. The van der Waals surface area contributed by atoms with Gasteiger partial charge < -0.3 is 14.6 Å². The molecule has 0 aliphatic carbocycles. The predicted molar refractivity (Wildman–Crippen MR) is 115 cm³/mol. The smallest absolute Gasteiger partial charge is 0.333 e. The molecule has 0 heterocycles. The summed E-state index contributed by atoms with van der Waals surface area (Å²) in [5, 5.41) is 9.58.